The van der Waals surface area contributed by atoms with E-state index in [9.17, 15) is 9.90 Å². The first-order valence-corrected chi connectivity index (χ1v) is 8.51. The zero-order chi connectivity index (χ0) is 18.1. The van der Waals surface area contributed by atoms with Gasteiger partial charge in [0.1, 0.15) is 12.4 Å². The molecule has 0 spiro atoms. The molecular formula is C20H26N2O3. The van der Waals surface area contributed by atoms with Gasteiger partial charge in [-0.1, -0.05) is 42.5 Å². The predicted molar refractivity (Wildman–Crippen MR) is 98.1 cm³/mol. The Hall–Kier alpha value is -2.37. The van der Waals surface area contributed by atoms with Crippen LogP contribution >= 0.6 is 0 Å². The average molecular weight is 342 g/mol. The molecule has 0 aromatic heterocycles. The molecule has 0 heterocycles. The Balaban J connectivity index is 1.84. The normalized spacial score (nSPS) is 13.1. The molecule has 0 aliphatic carbocycles. The van der Waals surface area contributed by atoms with Gasteiger partial charge in [-0.25, -0.2) is 0 Å². The molecule has 0 bridgehead atoms. The quantitative estimate of drug-likeness (QED) is 0.654. The zero-order valence-electron chi connectivity index (χ0n) is 14.5. The second-order valence-electron chi connectivity index (χ2n) is 6.18. The minimum absolute atomic E-state index is 0.00545. The van der Waals surface area contributed by atoms with E-state index in [0.29, 0.717) is 30.8 Å². The number of nitrogens with one attached hydrogen (secondary N) is 1. The summed E-state index contributed by atoms with van der Waals surface area (Å²) < 4.78 is 5.76. The molecule has 1 amide bonds. The van der Waals surface area contributed by atoms with E-state index < -0.39 is 6.10 Å². The van der Waals surface area contributed by atoms with Crippen LogP contribution in [0.2, 0.25) is 0 Å². The number of carbonyl (C=O) groups excluding carboxylic acids is 1. The Kier molecular flexibility index (Phi) is 7.44. The fourth-order valence-electron chi connectivity index (χ4n) is 2.33. The van der Waals surface area contributed by atoms with Crippen LogP contribution in [-0.4, -0.2) is 23.6 Å². The maximum Gasteiger partial charge on any atom is 0.220 e. The molecule has 0 saturated carbocycles. The minimum Gasteiger partial charge on any atom is -0.489 e. The Morgan fingerprint density at radius 2 is 1.96 bits per heavy atom. The molecule has 4 N–H and O–H groups in total. The van der Waals surface area contributed by atoms with Crippen LogP contribution in [0.5, 0.6) is 5.75 Å². The number of hydrogen-bond donors (Lipinski definition) is 3. The lowest BCUT2D eigenvalue weighted by Gasteiger charge is -2.14. The number of nitrogens with two attached hydrogens (primary N) is 1. The fourth-order valence-corrected chi connectivity index (χ4v) is 2.33. The summed E-state index contributed by atoms with van der Waals surface area (Å²) in [6.07, 6.45) is 0.217. The number of rotatable bonds is 9. The monoisotopic (exact) mass is 342 g/mol. The van der Waals surface area contributed by atoms with Gasteiger partial charge in [-0.3, -0.25) is 4.79 Å². The largest absolute Gasteiger partial charge is 0.489 e. The van der Waals surface area contributed by atoms with Crippen molar-refractivity contribution in [1.82, 2.24) is 5.32 Å². The molecule has 0 radical (unpaired) electrons. The maximum atomic E-state index is 11.7. The van der Waals surface area contributed by atoms with Crippen LogP contribution in [0.25, 0.3) is 0 Å². The fraction of sp³-hybridized carbons (Fsp3) is 0.350. The summed E-state index contributed by atoms with van der Waals surface area (Å²) in [6.45, 7) is 2.50. The Morgan fingerprint density at radius 3 is 2.68 bits per heavy atom. The van der Waals surface area contributed by atoms with E-state index >= 15 is 0 Å². The van der Waals surface area contributed by atoms with Gasteiger partial charge >= 0.3 is 0 Å². The van der Waals surface area contributed by atoms with Crippen LogP contribution < -0.4 is 15.8 Å². The van der Waals surface area contributed by atoms with Gasteiger partial charge in [0.05, 0.1) is 6.10 Å². The highest BCUT2D eigenvalue weighted by Crippen LogP contribution is 2.20. The third kappa shape index (κ3) is 6.95. The molecule has 134 valence electrons. The lowest BCUT2D eigenvalue weighted by molar-refractivity contribution is -0.121. The smallest absolute Gasteiger partial charge is 0.220 e. The first kappa shape index (κ1) is 19.0. The van der Waals surface area contributed by atoms with E-state index in [0.717, 1.165) is 5.56 Å². The van der Waals surface area contributed by atoms with E-state index in [1.807, 2.05) is 55.5 Å². The van der Waals surface area contributed by atoms with Crippen LogP contribution in [0.3, 0.4) is 0 Å². The van der Waals surface area contributed by atoms with E-state index in [1.54, 1.807) is 6.07 Å². The summed E-state index contributed by atoms with van der Waals surface area (Å²) in [4.78, 5) is 11.7. The van der Waals surface area contributed by atoms with E-state index in [1.165, 1.54) is 0 Å². The number of hydrogen-bond acceptors (Lipinski definition) is 4. The zero-order valence-corrected chi connectivity index (χ0v) is 14.5. The second kappa shape index (κ2) is 9.81. The lowest BCUT2D eigenvalue weighted by Crippen LogP contribution is -2.29. The van der Waals surface area contributed by atoms with Crippen LogP contribution in [0.4, 0.5) is 0 Å². The van der Waals surface area contributed by atoms with E-state index in [4.69, 9.17) is 10.5 Å². The number of aliphatic hydroxyl groups excluding tert-OH is 1. The van der Waals surface area contributed by atoms with E-state index in [-0.39, 0.29) is 18.5 Å². The number of benzene rings is 2. The van der Waals surface area contributed by atoms with Gasteiger partial charge in [0, 0.05) is 19.0 Å². The van der Waals surface area contributed by atoms with Gasteiger partial charge in [-0.15, -0.1) is 0 Å². The Labute approximate surface area is 148 Å². The molecule has 0 aliphatic heterocycles. The van der Waals surface area contributed by atoms with Crippen molar-refractivity contribution in [3.05, 3.63) is 65.7 Å². The first-order chi connectivity index (χ1) is 12.0. The molecule has 2 aromatic carbocycles. The van der Waals surface area contributed by atoms with Crippen molar-refractivity contribution in [3.63, 3.8) is 0 Å². The molecule has 0 saturated heterocycles. The third-order valence-corrected chi connectivity index (χ3v) is 3.81. The molecule has 2 rings (SSSR count). The van der Waals surface area contributed by atoms with E-state index in [2.05, 4.69) is 5.32 Å². The number of amides is 1. The highest BCUT2D eigenvalue weighted by atomic mass is 16.5. The molecule has 25 heavy (non-hydrogen) atoms. The van der Waals surface area contributed by atoms with Gasteiger partial charge < -0.3 is 20.9 Å². The minimum atomic E-state index is -0.778. The van der Waals surface area contributed by atoms with Crippen molar-refractivity contribution >= 4 is 5.91 Å². The van der Waals surface area contributed by atoms with Crippen molar-refractivity contribution in [2.24, 2.45) is 5.73 Å². The molecule has 0 aliphatic rings. The SMILES string of the molecule is CC(N)CCC(=O)NCC(O)c1cccc(OCc2ccccc2)c1. The lowest BCUT2D eigenvalue weighted by atomic mass is 10.1. The van der Waals surface area contributed by atoms with Gasteiger partial charge in [0.25, 0.3) is 0 Å². The molecule has 0 fully saturated rings. The predicted octanol–water partition coefficient (Wildman–Crippen LogP) is 2.54. The van der Waals surface area contributed by atoms with Crippen molar-refractivity contribution in [3.8, 4) is 5.75 Å². The van der Waals surface area contributed by atoms with Gasteiger partial charge in [-0.05, 0) is 36.6 Å². The molecule has 2 unspecified atom stereocenters. The number of aliphatic hydroxyl groups is 1. The topological polar surface area (TPSA) is 84.6 Å². The van der Waals surface area contributed by atoms with Gasteiger partial charge in [0.15, 0.2) is 0 Å². The first-order valence-electron chi connectivity index (χ1n) is 8.51. The number of ether oxygens (including phenoxy) is 1. The third-order valence-electron chi connectivity index (χ3n) is 3.81. The van der Waals surface area contributed by atoms with Crippen LogP contribution in [0.1, 0.15) is 37.0 Å². The number of carbonyl (C=O) groups is 1. The molecule has 5 nitrogen and oxygen atoms in total. The van der Waals surface area contributed by atoms with Crippen molar-refractivity contribution in [1.29, 1.82) is 0 Å². The maximum absolute atomic E-state index is 11.7. The summed E-state index contributed by atoms with van der Waals surface area (Å²) in [5.41, 5.74) is 7.42. The Bertz CT molecular complexity index is 659. The standard InChI is InChI=1S/C20H26N2O3/c1-15(21)10-11-20(24)22-13-19(23)17-8-5-9-18(12-17)25-14-16-6-3-2-4-7-16/h2-9,12,15,19,23H,10-11,13-14,21H2,1H3,(H,22,24). The van der Waals surface area contributed by atoms with Crippen molar-refractivity contribution < 1.29 is 14.6 Å². The van der Waals surface area contributed by atoms with Crippen molar-refractivity contribution in [2.45, 2.75) is 38.5 Å². The molecule has 2 aromatic rings. The summed E-state index contributed by atoms with van der Waals surface area (Å²) in [5.74, 6) is 0.580. The van der Waals surface area contributed by atoms with Gasteiger partial charge in [0.2, 0.25) is 5.91 Å². The average Bonchev–Trinajstić information content (AvgIpc) is 2.63. The summed E-state index contributed by atoms with van der Waals surface area (Å²) in [5, 5.41) is 13.0. The van der Waals surface area contributed by atoms with Crippen LogP contribution in [-0.2, 0) is 11.4 Å². The van der Waals surface area contributed by atoms with Crippen LogP contribution in [0.15, 0.2) is 54.6 Å². The molecule has 2 atom stereocenters. The van der Waals surface area contributed by atoms with Crippen molar-refractivity contribution in [2.75, 3.05) is 6.54 Å². The van der Waals surface area contributed by atoms with Crippen LogP contribution in [0, 0.1) is 0 Å². The second-order valence-corrected chi connectivity index (χ2v) is 6.18. The summed E-state index contributed by atoms with van der Waals surface area (Å²) in [6, 6.07) is 17.2. The highest BCUT2D eigenvalue weighted by Gasteiger charge is 2.11. The Morgan fingerprint density at radius 1 is 1.20 bits per heavy atom. The van der Waals surface area contributed by atoms with Gasteiger partial charge in [-0.2, -0.15) is 0 Å². The summed E-state index contributed by atoms with van der Waals surface area (Å²) >= 11 is 0. The highest BCUT2D eigenvalue weighted by molar-refractivity contribution is 5.75. The molecule has 5 heteroatoms. The molecular weight excluding hydrogens is 316 g/mol. The summed E-state index contributed by atoms with van der Waals surface area (Å²) in [7, 11) is 0.